The molecule has 23 heavy (non-hydrogen) atoms. The van der Waals surface area contributed by atoms with Crippen molar-refractivity contribution in [1.29, 1.82) is 0 Å². The molecule has 124 valence electrons. The van der Waals surface area contributed by atoms with Crippen LogP contribution >= 0.6 is 11.3 Å². The molecule has 0 saturated carbocycles. The molecule has 0 aliphatic heterocycles. The second-order valence-electron chi connectivity index (χ2n) is 4.92. The fourth-order valence-corrected chi connectivity index (χ4v) is 4.21. The molecule has 0 fully saturated rings. The van der Waals surface area contributed by atoms with Gasteiger partial charge in [0.25, 0.3) is 0 Å². The molecule has 2 aromatic rings. The molecule has 0 spiro atoms. The van der Waals surface area contributed by atoms with E-state index in [0.717, 1.165) is 16.9 Å². The SMILES string of the molecule is CCOC(=O)C(CNS(=O)(=O)c1cccs1)Cc1ccccc1. The number of esters is 1. The van der Waals surface area contributed by atoms with Gasteiger partial charge in [-0.05, 0) is 30.4 Å². The standard InChI is InChI=1S/C16H19NO4S2/c1-2-21-16(18)14(11-13-7-4-3-5-8-13)12-17-23(19,20)15-9-6-10-22-15/h3-10,14,17H,2,11-12H2,1H3. The predicted octanol–water partition coefficient (Wildman–Crippen LogP) is 2.45. The van der Waals surface area contributed by atoms with Crippen molar-refractivity contribution >= 4 is 27.3 Å². The molecule has 0 aliphatic rings. The van der Waals surface area contributed by atoms with Crippen molar-refractivity contribution in [3.05, 3.63) is 53.4 Å². The van der Waals surface area contributed by atoms with Crippen LogP contribution in [0.4, 0.5) is 0 Å². The minimum Gasteiger partial charge on any atom is -0.466 e. The van der Waals surface area contributed by atoms with Crippen molar-refractivity contribution in [2.24, 2.45) is 5.92 Å². The van der Waals surface area contributed by atoms with Crippen LogP contribution in [-0.4, -0.2) is 27.5 Å². The summed E-state index contributed by atoms with van der Waals surface area (Å²) in [4.78, 5) is 12.1. The highest BCUT2D eigenvalue weighted by Crippen LogP contribution is 2.16. The number of thiophene rings is 1. The Labute approximate surface area is 140 Å². The Morgan fingerprint density at radius 2 is 1.96 bits per heavy atom. The first-order chi connectivity index (χ1) is 11.0. The Hall–Kier alpha value is -1.70. The van der Waals surface area contributed by atoms with E-state index < -0.39 is 21.9 Å². The molecular formula is C16H19NO4S2. The Morgan fingerprint density at radius 3 is 2.57 bits per heavy atom. The third-order valence-corrected chi connectivity index (χ3v) is 6.05. The van der Waals surface area contributed by atoms with Crippen LogP contribution in [0.3, 0.4) is 0 Å². The average molecular weight is 353 g/mol. The molecule has 0 aliphatic carbocycles. The lowest BCUT2D eigenvalue weighted by Gasteiger charge is -2.16. The van der Waals surface area contributed by atoms with E-state index in [9.17, 15) is 13.2 Å². The zero-order chi connectivity index (χ0) is 16.7. The molecule has 1 aromatic heterocycles. The van der Waals surface area contributed by atoms with E-state index in [1.54, 1.807) is 18.4 Å². The summed E-state index contributed by atoms with van der Waals surface area (Å²) in [7, 11) is -3.59. The number of rotatable bonds is 8. The van der Waals surface area contributed by atoms with Crippen LogP contribution in [-0.2, 0) is 26.0 Å². The van der Waals surface area contributed by atoms with Crippen LogP contribution < -0.4 is 4.72 Å². The van der Waals surface area contributed by atoms with Gasteiger partial charge in [-0.3, -0.25) is 4.79 Å². The second kappa shape index (κ2) is 8.24. The van der Waals surface area contributed by atoms with Gasteiger partial charge in [0.15, 0.2) is 0 Å². The summed E-state index contributed by atoms with van der Waals surface area (Å²) >= 11 is 1.14. The topological polar surface area (TPSA) is 72.5 Å². The van der Waals surface area contributed by atoms with Crippen LogP contribution in [0, 0.1) is 5.92 Å². The summed E-state index contributed by atoms with van der Waals surface area (Å²) in [5, 5.41) is 1.70. The van der Waals surface area contributed by atoms with Gasteiger partial charge in [-0.15, -0.1) is 11.3 Å². The van der Waals surface area contributed by atoms with Crippen LogP contribution in [0.5, 0.6) is 0 Å². The number of carbonyl (C=O) groups excluding carboxylic acids is 1. The third kappa shape index (κ3) is 5.16. The predicted molar refractivity (Wildman–Crippen MR) is 89.8 cm³/mol. The van der Waals surface area contributed by atoms with Crippen molar-refractivity contribution in [3.63, 3.8) is 0 Å². The summed E-state index contributed by atoms with van der Waals surface area (Å²) in [6.07, 6.45) is 0.423. The molecule has 1 unspecified atom stereocenters. The molecule has 1 N–H and O–H groups in total. The van der Waals surface area contributed by atoms with Crippen molar-refractivity contribution in [1.82, 2.24) is 4.72 Å². The zero-order valence-corrected chi connectivity index (χ0v) is 14.4. The lowest BCUT2D eigenvalue weighted by Crippen LogP contribution is -2.34. The lowest BCUT2D eigenvalue weighted by molar-refractivity contribution is -0.147. The third-order valence-electron chi connectivity index (χ3n) is 3.22. The molecule has 2 rings (SSSR count). The maximum atomic E-state index is 12.2. The molecule has 1 aromatic carbocycles. The molecule has 7 heteroatoms. The van der Waals surface area contributed by atoms with Crippen LogP contribution in [0.25, 0.3) is 0 Å². The second-order valence-corrected chi connectivity index (χ2v) is 7.86. The number of benzene rings is 1. The van der Waals surface area contributed by atoms with Gasteiger partial charge < -0.3 is 4.74 Å². The number of ether oxygens (including phenoxy) is 1. The molecule has 0 saturated heterocycles. The number of sulfonamides is 1. The molecule has 1 atom stereocenters. The molecule has 0 amide bonds. The number of nitrogens with one attached hydrogen (secondary N) is 1. The molecule has 0 bridgehead atoms. The van der Waals surface area contributed by atoms with Crippen molar-refractivity contribution in [3.8, 4) is 0 Å². The Kier molecular flexibility index (Phi) is 6.32. The Morgan fingerprint density at radius 1 is 1.22 bits per heavy atom. The monoisotopic (exact) mass is 353 g/mol. The average Bonchev–Trinajstić information content (AvgIpc) is 3.08. The van der Waals surface area contributed by atoms with E-state index in [-0.39, 0.29) is 17.4 Å². The van der Waals surface area contributed by atoms with Crippen molar-refractivity contribution in [2.45, 2.75) is 17.6 Å². The van der Waals surface area contributed by atoms with Gasteiger partial charge >= 0.3 is 5.97 Å². The van der Waals surface area contributed by atoms with Gasteiger partial charge in [0.1, 0.15) is 4.21 Å². The fourth-order valence-electron chi connectivity index (χ4n) is 2.10. The van der Waals surface area contributed by atoms with E-state index in [2.05, 4.69) is 4.72 Å². The maximum Gasteiger partial charge on any atom is 0.310 e. The zero-order valence-electron chi connectivity index (χ0n) is 12.8. The molecular weight excluding hydrogens is 334 g/mol. The number of carbonyl (C=O) groups is 1. The van der Waals surface area contributed by atoms with E-state index in [0.29, 0.717) is 6.42 Å². The smallest absolute Gasteiger partial charge is 0.310 e. The minimum absolute atomic E-state index is 0.00790. The van der Waals surface area contributed by atoms with E-state index in [1.807, 2.05) is 30.3 Å². The highest BCUT2D eigenvalue weighted by Gasteiger charge is 2.24. The molecule has 1 heterocycles. The summed E-state index contributed by atoms with van der Waals surface area (Å²) in [5.74, 6) is -0.961. The van der Waals surface area contributed by atoms with Gasteiger partial charge in [-0.1, -0.05) is 36.4 Å². The van der Waals surface area contributed by atoms with Gasteiger partial charge in [-0.25, -0.2) is 13.1 Å². The van der Waals surface area contributed by atoms with E-state index in [1.165, 1.54) is 6.07 Å². The number of hydrogen-bond acceptors (Lipinski definition) is 5. The Bertz CT molecular complexity index is 712. The summed E-state index contributed by atoms with van der Waals surface area (Å²) in [5.41, 5.74) is 0.959. The lowest BCUT2D eigenvalue weighted by atomic mass is 10.00. The van der Waals surface area contributed by atoms with Gasteiger partial charge in [0.05, 0.1) is 12.5 Å². The molecule has 5 nitrogen and oxygen atoms in total. The van der Waals surface area contributed by atoms with Crippen LogP contribution in [0.15, 0.2) is 52.1 Å². The van der Waals surface area contributed by atoms with E-state index in [4.69, 9.17) is 4.74 Å². The van der Waals surface area contributed by atoms with E-state index >= 15 is 0 Å². The highest BCUT2D eigenvalue weighted by atomic mass is 32.2. The minimum atomic E-state index is -3.59. The van der Waals surface area contributed by atoms with Gasteiger partial charge in [0.2, 0.25) is 10.0 Å². The quantitative estimate of drug-likeness (QED) is 0.740. The first-order valence-electron chi connectivity index (χ1n) is 7.26. The number of hydrogen-bond donors (Lipinski definition) is 1. The fraction of sp³-hybridized carbons (Fsp3) is 0.312. The van der Waals surface area contributed by atoms with Crippen molar-refractivity contribution in [2.75, 3.05) is 13.2 Å². The summed E-state index contributed by atoms with van der Waals surface area (Å²) in [6, 6.07) is 12.7. The van der Waals surface area contributed by atoms with Crippen LogP contribution in [0.2, 0.25) is 0 Å². The first-order valence-corrected chi connectivity index (χ1v) is 9.63. The van der Waals surface area contributed by atoms with Crippen molar-refractivity contribution < 1.29 is 17.9 Å². The van der Waals surface area contributed by atoms with Gasteiger partial charge in [-0.2, -0.15) is 0 Å². The molecule has 0 radical (unpaired) electrons. The highest BCUT2D eigenvalue weighted by molar-refractivity contribution is 7.91. The van der Waals surface area contributed by atoms with Gasteiger partial charge in [0, 0.05) is 6.54 Å². The normalized spacial score (nSPS) is 12.7. The largest absolute Gasteiger partial charge is 0.466 e. The maximum absolute atomic E-state index is 12.2. The van der Waals surface area contributed by atoms with Crippen LogP contribution in [0.1, 0.15) is 12.5 Å². The summed E-state index contributed by atoms with van der Waals surface area (Å²) in [6.45, 7) is 2.00. The first kappa shape index (κ1) is 17.7. The Balaban J connectivity index is 2.07. The summed E-state index contributed by atoms with van der Waals surface area (Å²) < 4.78 is 32.2.